The van der Waals surface area contributed by atoms with Crippen molar-refractivity contribution >= 4 is 5.91 Å². The molecular weight excluding hydrogens is 252 g/mol. The Morgan fingerprint density at radius 1 is 1.20 bits per heavy atom. The quantitative estimate of drug-likeness (QED) is 0.822. The highest BCUT2D eigenvalue weighted by molar-refractivity contribution is 5.78. The zero-order chi connectivity index (χ0) is 15.4. The molecule has 0 saturated carbocycles. The van der Waals surface area contributed by atoms with Gasteiger partial charge in [-0.05, 0) is 34.1 Å². The number of carbonyl (C=O) groups excluding carboxylic acids is 1. The Labute approximate surface area is 122 Å². The first-order valence-electron chi connectivity index (χ1n) is 7.40. The summed E-state index contributed by atoms with van der Waals surface area (Å²) in [6.45, 7) is 13.8. The van der Waals surface area contributed by atoms with Gasteiger partial charge in [-0.25, -0.2) is 0 Å². The summed E-state index contributed by atoms with van der Waals surface area (Å²) in [4.78, 5) is 16.3. The van der Waals surface area contributed by atoms with Crippen LogP contribution in [0.5, 0.6) is 0 Å². The van der Waals surface area contributed by atoms with Gasteiger partial charge in [0.15, 0.2) is 0 Å². The summed E-state index contributed by atoms with van der Waals surface area (Å²) < 4.78 is 0. The highest BCUT2D eigenvalue weighted by Gasteiger charge is 2.30. The van der Waals surface area contributed by atoms with E-state index in [4.69, 9.17) is 5.26 Å². The van der Waals surface area contributed by atoms with Gasteiger partial charge in [0.05, 0.1) is 12.6 Å². The Bertz CT molecular complexity index is 376. The number of nitrogens with zero attached hydrogens (tertiary/aromatic N) is 3. The van der Waals surface area contributed by atoms with Crippen molar-refractivity contribution in [3.63, 3.8) is 0 Å². The van der Waals surface area contributed by atoms with Gasteiger partial charge in [0.1, 0.15) is 5.54 Å². The molecule has 0 radical (unpaired) electrons. The number of piperazine rings is 1. The molecule has 0 aromatic rings. The van der Waals surface area contributed by atoms with Gasteiger partial charge >= 0.3 is 0 Å². The zero-order valence-corrected chi connectivity index (χ0v) is 13.5. The molecule has 0 aromatic carbocycles. The second kappa shape index (κ2) is 6.55. The number of carbonyl (C=O) groups is 1. The Hall–Kier alpha value is -1.12. The van der Waals surface area contributed by atoms with Crippen molar-refractivity contribution in [3.05, 3.63) is 0 Å². The van der Waals surface area contributed by atoms with Gasteiger partial charge in [-0.3, -0.25) is 14.6 Å². The van der Waals surface area contributed by atoms with Crippen molar-refractivity contribution < 1.29 is 4.79 Å². The molecule has 0 aromatic heterocycles. The van der Waals surface area contributed by atoms with Crippen LogP contribution in [0.4, 0.5) is 0 Å². The normalized spacial score (nSPS) is 18.6. The highest BCUT2D eigenvalue weighted by atomic mass is 16.2. The summed E-state index contributed by atoms with van der Waals surface area (Å²) in [6, 6.07) is 2.33. The summed E-state index contributed by atoms with van der Waals surface area (Å²) in [5.41, 5.74) is -0.555. The minimum absolute atomic E-state index is 0.0878. The number of hydrogen-bond acceptors (Lipinski definition) is 4. The molecule has 1 fully saturated rings. The molecule has 5 heteroatoms. The van der Waals surface area contributed by atoms with Crippen LogP contribution in [0, 0.1) is 11.3 Å². The average Bonchev–Trinajstić information content (AvgIpc) is 2.38. The molecule has 1 aliphatic rings. The highest BCUT2D eigenvalue weighted by Crippen LogP contribution is 2.15. The first-order valence-corrected chi connectivity index (χ1v) is 7.40. The minimum atomic E-state index is -0.418. The molecule has 1 aliphatic heterocycles. The predicted molar refractivity (Wildman–Crippen MR) is 80.2 cm³/mol. The summed E-state index contributed by atoms with van der Waals surface area (Å²) >= 11 is 0. The molecule has 0 atom stereocenters. The van der Waals surface area contributed by atoms with Gasteiger partial charge in [-0.15, -0.1) is 0 Å². The summed E-state index contributed by atoms with van der Waals surface area (Å²) in [5, 5.41) is 12.2. The Morgan fingerprint density at radius 2 is 1.75 bits per heavy atom. The lowest BCUT2D eigenvalue weighted by Gasteiger charge is -2.40. The molecule has 0 bridgehead atoms. The van der Waals surface area contributed by atoms with E-state index in [9.17, 15) is 4.79 Å². The lowest BCUT2D eigenvalue weighted by molar-refractivity contribution is -0.124. The van der Waals surface area contributed by atoms with E-state index >= 15 is 0 Å². The maximum Gasteiger partial charge on any atom is 0.234 e. The van der Waals surface area contributed by atoms with E-state index in [0.717, 1.165) is 32.6 Å². The van der Waals surface area contributed by atoms with Crippen molar-refractivity contribution in [1.29, 1.82) is 5.26 Å². The SMILES string of the molecule is CCC(C)(C)NC(=O)CN1CCN(C(C)(C)C#N)CC1. The fourth-order valence-electron chi connectivity index (χ4n) is 2.24. The summed E-state index contributed by atoms with van der Waals surface area (Å²) in [6.07, 6.45) is 0.920. The second-order valence-electron chi connectivity index (χ2n) is 6.72. The Kier molecular flexibility index (Phi) is 5.55. The molecule has 0 aliphatic carbocycles. The van der Waals surface area contributed by atoms with E-state index in [1.165, 1.54) is 0 Å². The third-order valence-corrected chi connectivity index (χ3v) is 4.17. The third-order valence-electron chi connectivity index (χ3n) is 4.17. The molecule has 1 amide bonds. The van der Waals surface area contributed by atoms with Crippen LogP contribution in [0.15, 0.2) is 0 Å². The van der Waals surface area contributed by atoms with Crippen LogP contribution in [0.25, 0.3) is 0 Å². The van der Waals surface area contributed by atoms with Crippen LogP contribution >= 0.6 is 0 Å². The van der Waals surface area contributed by atoms with Gasteiger partial charge in [-0.2, -0.15) is 5.26 Å². The third kappa shape index (κ3) is 4.77. The fraction of sp³-hybridized carbons (Fsp3) is 0.867. The summed E-state index contributed by atoms with van der Waals surface area (Å²) in [5.74, 6) is 0.0878. The van der Waals surface area contributed by atoms with E-state index in [0.29, 0.717) is 6.54 Å². The van der Waals surface area contributed by atoms with Crippen molar-refractivity contribution in [1.82, 2.24) is 15.1 Å². The van der Waals surface area contributed by atoms with Gasteiger partial charge in [-0.1, -0.05) is 6.92 Å². The predicted octanol–water partition coefficient (Wildman–Crippen LogP) is 1.21. The average molecular weight is 280 g/mol. The second-order valence-corrected chi connectivity index (χ2v) is 6.72. The smallest absolute Gasteiger partial charge is 0.234 e. The maximum absolute atomic E-state index is 12.0. The van der Waals surface area contributed by atoms with Crippen LogP contribution in [-0.4, -0.2) is 59.5 Å². The van der Waals surface area contributed by atoms with Gasteiger partial charge in [0.25, 0.3) is 0 Å². The molecule has 1 heterocycles. The van der Waals surface area contributed by atoms with Crippen molar-refractivity contribution in [2.24, 2.45) is 0 Å². The lowest BCUT2D eigenvalue weighted by atomic mass is 10.0. The topological polar surface area (TPSA) is 59.4 Å². The van der Waals surface area contributed by atoms with E-state index < -0.39 is 5.54 Å². The molecule has 0 unspecified atom stereocenters. The minimum Gasteiger partial charge on any atom is -0.350 e. The van der Waals surface area contributed by atoms with E-state index in [-0.39, 0.29) is 11.4 Å². The largest absolute Gasteiger partial charge is 0.350 e. The van der Waals surface area contributed by atoms with Crippen molar-refractivity contribution in [2.45, 2.75) is 52.1 Å². The fourth-order valence-corrected chi connectivity index (χ4v) is 2.24. The number of nitriles is 1. The van der Waals surface area contributed by atoms with Crippen LogP contribution in [0.1, 0.15) is 41.0 Å². The zero-order valence-electron chi connectivity index (χ0n) is 13.5. The van der Waals surface area contributed by atoms with Gasteiger partial charge < -0.3 is 5.32 Å². The Morgan fingerprint density at radius 3 is 2.20 bits per heavy atom. The first kappa shape index (κ1) is 16.9. The summed E-state index contributed by atoms with van der Waals surface area (Å²) in [7, 11) is 0. The Balaban J connectivity index is 2.40. The van der Waals surface area contributed by atoms with Crippen molar-refractivity contribution in [3.8, 4) is 6.07 Å². The molecule has 0 spiro atoms. The molecule has 5 nitrogen and oxygen atoms in total. The van der Waals surface area contributed by atoms with Crippen LogP contribution in [0.3, 0.4) is 0 Å². The number of amides is 1. The van der Waals surface area contributed by atoms with Crippen LogP contribution in [0.2, 0.25) is 0 Å². The van der Waals surface area contributed by atoms with E-state index in [1.54, 1.807) is 0 Å². The maximum atomic E-state index is 12.0. The van der Waals surface area contributed by atoms with Crippen LogP contribution < -0.4 is 5.32 Å². The van der Waals surface area contributed by atoms with Crippen molar-refractivity contribution in [2.75, 3.05) is 32.7 Å². The molecule has 1 N–H and O–H groups in total. The molecule has 20 heavy (non-hydrogen) atoms. The van der Waals surface area contributed by atoms with E-state index in [2.05, 4.69) is 28.1 Å². The van der Waals surface area contributed by atoms with Gasteiger partial charge in [0, 0.05) is 31.7 Å². The molecule has 1 rings (SSSR count). The number of nitrogens with one attached hydrogen (secondary N) is 1. The van der Waals surface area contributed by atoms with Crippen LogP contribution in [-0.2, 0) is 4.79 Å². The lowest BCUT2D eigenvalue weighted by Crippen LogP contribution is -2.56. The molecular formula is C15H28N4O. The molecule has 114 valence electrons. The number of rotatable bonds is 5. The molecule has 1 saturated heterocycles. The standard InChI is InChI=1S/C15H28N4O/c1-6-14(2,3)17-13(20)11-18-7-9-19(10-8-18)15(4,5)12-16/h6-11H2,1-5H3,(H,17,20). The van der Waals surface area contributed by atoms with Gasteiger partial charge in [0.2, 0.25) is 5.91 Å². The monoisotopic (exact) mass is 280 g/mol. The van der Waals surface area contributed by atoms with E-state index in [1.807, 2.05) is 27.7 Å². The number of hydrogen-bond donors (Lipinski definition) is 1. The first-order chi connectivity index (χ1) is 9.20.